The number of carbonyl (C=O) groups is 1. The maximum Gasteiger partial charge on any atom is 0.234 e. The number of carbonyl (C=O) groups excluding carboxylic acids is 1. The van der Waals surface area contributed by atoms with Crippen molar-refractivity contribution in [3.05, 3.63) is 24.0 Å². The van der Waals surface area contributed by atoms with Gasteiger partial charge in [-0.2, -0.15) is 0 Å². The molecular weight excluding hydrogens is 202 g/mol. The summed E-state index contributed by atoms with van der Waals surface area (Å²) in [6.45, 7) is 5.16. The summed E-state index contributed by atoms with van der Waals surface area (Å²) in [5, 5.41) is 6.03. The standard InChI is InChI=1S/C12H21N3O/c1-4-10(2)13-8-12(16)14-7-11-5-6-15(3)9-11/h5-6,9-10,13H,4,7-8H2,1-3H3,(H,14,16). The lowest BCUT2D eigenvalue weighted by Crippen LogP contribution is -2.37. The Labute approximate surface area is 97.0 Å². The fourth-order valence-corrected chi connectivity index (χ4v) is 1.34. The SMILES string of the molecule is CCC(C)NCC(=O)NCc1ccn(C)c1. The third kappa shape index (κ3) is 4.49. The van der Waals surface area contributed by atoms with Crippen molar-refractivity contribution in [3.63, 3.8) is 0 Å². The summed E-state index contributed by atoms with van der Waals surface area (Å²) in [6, 6.07) is 2.39. The van der Waals surface area contributed by atoms with E-state index < -0.39 is 0 Å². The number of aryl methyl sites for hydroxylation is 1. The van der Waals surface area contributed by atoms with Gasteiger partial charge in [0, 0.05) is 32.0 Å². The fourth-order valence-electron chi connectivity index (χ4n) is 1.34. The van der Waals surface area contributed by atoms with E-state index in [1.54, 1.807) is 0 Å². The number of amides is 1. The summed E-state index contributed by atoms with van der Waals surface area (Å²) < 4.78 is 1.97. The van der Waals surface area contributed by atoms with Crippen LogP contribution in [0, 0.1) is 0 Å². The van der Waals surface area contributed by atoms with Gasteiger partial charge in [-0.25, -0.2) is 0 Å². The van der Waals surface area contributed by atoms with E-state index in [0.717, 1.165) is 12.0 Å². The van der Waals surface area contributed by atoms with Crippen molar-refractivity contribution in [1.29, 1.82) is 0 Å². The molecule has 0 bridgehead atoms. The van der Waals surface area contributed by atoms with Crippen molar-refractivity contribution < 1.29 is 4.79 Å². The molecule has 0 fully saturated rings. The summed E-state index contributed by atoms with van der Waals surface area (Å²) in [4.78, 5) is 11.5. The van der Waals surface area contributed by atoms with Gasteiger partial charge in [0.15, 0.2) is 0 Å². The van der Waals surface area contributed by atoms with Crippen LogP contribution in [0.2, 0.25) is 0 Å². The first kappa shape index (κ1) is 12.8. The molecule has 16 heavy (non-hydrogen) atoms. The van der Waals surface area contributed by atoms with E-state index in [1.807, 2.05) is 30.1 Å². The first-order valence-electron chi connectivity index (χ1n) is 5.72. The highest BCUT2D eigenvalue weighted by molar-refractivity contribution is 5.77. The summed E-state index contributed by atoms with van der Waals surface area (Å²) in [6.07, 6.45) is 5.01. The molecule has 4 heteroatoms. The second-order valence-electron chi connectivity index (χ2n) is 4.15. The van der Waals surface area contributed by atoms with Gasteiger partial charge in [-0.15, -0.1) is 0 Å². The summed E-state index contributed by atoms with van der Waals surface area (Å²) in [5.41, 5.74) is 1.12. The van der Waals surface area contributed by atoms with Crippen LogP contribution in [0.3, 0.4) is 0 Å². The highest BCUT2D eigenvalue weighted by atomic mass is 16.1. The Bertz CT molecular complexity index is 333. The summed E-state index contributed by atoms with van der Waals surface area (Å²) in [5.74, 6) is 0.0455. The number of hydrogen-bond donors (Lipinski definition) is 2. The van der Waals surface area contributed by atoms with Gasteiger partial charge >= 0.3 is 0 Å². The monoisotopic (exact) mass is 223 g/mol. The van der Waals surface area contributed by atoms with Crippen LogP contribution >= 0.6 is 0 Å². The van der Waals surface area contributed by atoms with Crippen molar-refractivity contribution in [3.8, 4) is 0 Å². The number of nitrogens with zero attached hydrogens (tertiary/aromatic N) is 1. The summed E-state index contributed by atoms with van der Waals surface area (Å²) >= 11 is 0. The van der Waals surface area contributed by atoms with E-state index in [4.69, 9.17) is 0 Å². The maximum atomic E-state index is 11.5. The predicted octanol–water partition coefficient (Wildman–Crippen LogP) is 1.03. The second kappa shape index (κ2) is 6.33. The van der Waals surface area contributed by atoms with Gasteiger partial charge in [-0.05, 0) is 25.0 Å². The molecule has 0 aliphatic heterocycles. The minimum Gasteiger partial charge on any atom is -0.357 e. The molecule has 90 valence electrons. The first-order valence-corrected chi connectivity index (χ1v) is 5.72. The van der Waals surface area contributed by atoms with E-state index in [9.17, 15) is 4.79 Å². The van der Waals surface area contributed by atoms with Gasteiger partial charge in [-0.1, -0.05) is 6.92 Å². The van der Waals surface area contributed by atoms with Crippen LogP contribution in [-0.4, -0.2) is 23.1 Å². The molecule has 0 radical (unpaired) electrons. The molecular formula is C12H21N3O. The molecule has 2 N–H and O–H groups in total. The van der Waals surface area contributed by atoms with E-state index >= 15 is 0 Å². The maximum absolute atomic E-state index is 11.5. The highest BCUT2D eigenvalue weighted by Gasteiger charge is 2.03. The molecule has 0 aromatic carbocycles. The molecule has 1 unspecified atom stereocenters. The smallest absolute Gasteiger partial charge is 0.234 e. The fraction of sp³-hybridized carbons (Fsp3) is 0.583. The topological polar surface area (TPSA) is 46.1 Å². The van der Waals surface area contributed by atoms with E-state index in [-0.39, 0.29) is 5.91 Å². The molecule has 4 nitrogen and oxygen atoms in total. The first-order chi connectivity index (χ1) is 7.61. The van der Waals surface area contributed by atoms with E-state index in [2.05, 4.69) is 24.5 Å². The average molecular weight is 223 g/mol. The Balaban J connectivity index is 2.20. The zero-order valence-electron chi connectivity index (χ0n) is 10.3. The summed E-state index contributed by atoms with van der Waals surface area (Å²) in [7, 11) is 1.97. The second-order valence-corrected chi connectivity index (χ2v) is 4.15. The van der Waals surface area contributed by atoms with Crippen LogP contribution < -0.4 is 10.6 Å². The van der Waals surface area contributed by atoms with E-state index in [1.165, 1.54) is 0 Å². The molecule has 0 aliphatic carbocycles. The Kier molecular flexibility index (Phi) is 5.05. The molecule has 1 atom stereocenters. The molecule has 1 amide bonds. The van der Waals surface area contributed by atoms with E-state index in [0.29, 0.717) is 19.1 Å². The van der Waals surface area contributed by atoms with Crippen molar-refractivity contribution in [1.82, 2.24) is 15.2 Å². The molecule has 0 aliphatic rings. The third-order valence-electron chi connectivity index (χ3n) is 2.61. The van der Waals surface area contributed by atoms with Crippen LogP contribution in [0.5, 0.6) is 0 Å². The molecule has 1 heterocycles. The van der Waals surface area contributed by atoms with Gasteiger partial charge in [0.05, 0.1) is 6.54 Å². The number of hydrogen-bond acceptors (Lipinski definition) is 2. The molecule has 0 spiro atoms. The van der Waals surface area contributed by atoms with Gasteiger partial charge in [0.1, 0.15) is 0 Å². The number of aromatic nitrogens is 1. The molecule has 0 saturated carbocycles. The Hall–Kier alpha value is -1.29. The van der Waals surface area contributed by atoms with Crippen molar-refractivity contribution in [2.24, 2.45) is 7.05 Å². The van der Waals surface area contributed by atoms with Gasteiger partial charge < -0.3 is 15.2 Å². The normalized spacial score (nSPS) is 12.4. The van der Waals surface area contributed by atoms with Crippen LogP contribution in [-0.2, 0) is 18.4 Å². The average Bonchev–Trinajstić information content (AvgIpc) is 2.69. The Morgan fingerprint density at radius 2 is 2.31 bits per heavy atom. The Morgan fingerprint density at radius 3 is 2.88 bits per heavy atom. The van der Waals surface area contributed by atoms with Gasteiger partial charge in [0.2, 0.25) is 5.91 Å². The minimum atomic E-state index is 0.0455. The zero-order chi connectivity index (χ0) is 12.0. The third-order valence-corrected chi connectivity index (χ3v) is 2.61. The van der Waals surface area contributed by atoms with Crippen LogP contribution in [0.1, 0.15) is 25.8 Å². The highest BCUT2D eigenvalue weighted by Crippen LogP contribution is 1.98. The number of rotatable bonds is 6. The van der Waals surface area contributed by atoms with Crippen molar-refractivity contribution >= 4 is 5.91 Å². The zero-order valence-corrected chi connectivity index (χ0v) is 10.3. The van der Waals surface area contributed by atoms with Crippen molar-refractivity contribution in [2.45, 2.75) is 32.9 Å². The van der Waals surface area contributed by atoms with Crippen molar-refractivity contribution in [2.75, 3.05) is 6.54 Å². The lowest BCUT2D eigenvalue weighted by molar-refractivity contribution is -0.120. The number of nitrogens with one attached hydrogen (secondary N) is 2. The minimum absolute atomic E-state index is 0.0455. The largest absolute Gasteiger partial charge is 0.357 e. The lowest BCUT2D eigenvalue weighted by atomic mass is 10.2. The predicted molar refractivity (Wildman–Crippen MR) is 65.0 cm³/mol. The molecule has 1 aromatic heterocycles. The van der Waals surface area contributed by atoms with Gasteiger partial charge in [0.25, 0.3) is 0 Å². The quantitative estimate of drug-likeness (QED) is 0.756. The van der Waals surface area contributed by atoms with Gasteiger partial charge in [-0.3, -0.25) is 4.79 Å². The lowest BCUT2D eigenvalue weighted by Gasteiger charge is -2.10. The van der Waals surface area contributed by atoms with Crippen LogP contribution in [0.15, 0.2) is 18.5 Å². The van der Waals surface area contributed by atoms with Crippen LogP contribution in [0.4, 0.5) is 0 Å². The molecule has 1 rings (SSSR count). The Morgan fingerprint density at radius 1 is 1.56 bits per heavy atom. The van der Waals surface area contributed by atoms with Crippen LogP contribution in [0.25, 0.3) is 0 Å². The molecule has 0 saturated heterocycles. The molecule has 1 aromatic rings.